The number of carbonyl (C=O) groups is 3. The Hall–Kier alpha value is -3.91. The largest absolute Gasteiger partial charge is 0.497 e. The van der Waals surface area contributed by atoms with Gasteiger partial charge in [-0.15, -0.1) is 0 Å². The van der Waals surface area contributed by atoms with E-state index in [1.807, 2.05) is 6.07 Å². The fourth-order valence-electron chi connectivity index (χ4n) is 3.33. The van der Waals surface area contributed by atoms with Gasteiger partial charge >= 0.3 is 5.97 Å². The van der Waals surface area contributed by atoms with Crippen LogP contribution in [0.25, 0.3) is 0 Å². The molecule has 1 aromatic rings. The average molecular weight is 442 g/mol. The molecule has 0 saturated carbocycles. The minimum Gasteiger partial charge on any atom is -0.497 e. The highest BCUT2D eigenvalue weighted by atomic mass is 32.2. The van der Waals surface area contributed by atoms with E-state index in [4.69, 9.17) is 20.9 Å². The number of fused-ring (bicyclic) bond motifs is 1. The second-order valence-electron chi connectivity index (χ2n) is 6.31. The maximum absolute atomic E-state index is 12.7. The third-order valence-electron chi connectivity index (χ3n) is 4.73. The summed E-state index contributed by atoms with van der Waals surface area (Å²) in [6, 6.07) is 6.79. The van der Waals surface area contributed by atoms with Crippen LogP contribution in [0.4, 0.5) is 0 Å². The van der Waals surface area contributed by atoms with E-state index in [2.05, 4.69) is 4.74 Å². The van der Waals surface area contributed by atoms with Crippen molar-refractivity contribution >= 4 is 29.5 Å². The predicted octanol–water partition coefficient (Wildman–Crippen LogP) is 0.824. The quantitative estimate of drug-likeness (QED) is 0.630. The third kappa shape index (κ3) is 3.57. The molecule has 0 aliphatic carbocycles. The number of nitrogens with two attached hydrogens (primary N) is 2. The molecule has 1 aromatic carbocycles. The molecule has 3 rings (SSSR count). The Kier molecular flexibility index (Phi) is 5.94. The van der Waals surface area contributed by atoms with Gasteiger partial charge in [0.15, 0.2) is 0 Å². The molecule has 1 atom stereocenters. The van der Waals surface area contributed by atoms with Crippen molar-refractivity contribution < 1.29 is 28.6 Å². The number of rotatable bonds is 5. The number of primary amides is 1. The van der Waals surface area contributed by atoms with E-state index in [1.165, 1.54) is 14.2 Å². The minimum atomic E-state index is -1.04. The Balaban J connectivity index is 2.32. The van der Waals surface area contributed by atoms with Gasteiger partial charge in [0.2, 0.25) is 5.91 Å². The lowest BCUT2D eigenvalue weighted by Gasteiger charge is -2.37. The molecule has 2 aliphatic rings. The van der Waals surface area contributed by atoms with Gasteiger partial charge in [-0.05, 0) is 6.07 Å². The zero-order valence-corrected chi connectivity index (χ0v) is 17.6. The lowest BCUT2D eigenvalue weighted by molar-refractivity contribution is -0.135. The first kappa shape index (κ1) is 21.8. The van der Waals surface area contributed by atoms with Crippen molar-refractivity contribution in [2.24, 2.45) is 11.5 Å². The van der Waals surface area contributed by atoms with E-state index < -0.39 is 23.7 Å². The first-order valence-electron chi connectivity index (χ1n) is 8.76. The topological polar surface area (TPSA) is 158 Å². The zero-order chi connectivity index (χ0) is 22.9. The Morgan fingerprint density at radius 3 is 2.48 bits per heavy atom. The summed E-state index contributed by atoms with van der Waals surface area (Å²) in [5.41, 5.74) is 12.1. The first-order valence-corrected chi connectivity index (χ1v) is 9.58. The second kappa shape index (κ2) is 8.45. The molecule has 2 heterocycles. The Morgan fingerprint density at radius 2 is 1.94 bits per heavy atom. The molecule has 11 heteroatoms. The highest BCUT2D eigenvalue weighted by Gasteiger charge is 2.44. The Morgan fingerprint density at radius 1 is 1.23 bits per heavy atom. The maximum Gasteiger partial charge on any atom is 0.344 e. The van der Waals surface area contributed by atoms with E-state index in [-0.39, 0.29) is 26.9 Å². The number of hydrogen-bond donors (Lipinski definition) is 2. The van der Waals surface area contributed by atoms with E-state index in [0.29, 0.717) is 17.1 Å². The summed E-state index contributed by atoms with van der Waals surface area (Å²) in [5.74, 6) is -2.78. The second-order valence-corrected chi connectivity index (χ2v) is 7.34. The molecule has 2 amide bonds. The number of allylic oxidation sites excluding steroid dienone is 1. The molecule has 0 bridgehead atoms. The molecule has 0 radical (unpaired) electrons. The van der Waals surface area contributed by atoms with Gasteiger partial charge in [-0.2, -0.15) is 5.26 Å². The average Bonchev–Trinajstić information content (AvgIpc) is 2.76. The highest BCUT2D eigenvalue weighted by molar-refractivity contribution is 8.07. The smallest absolute Gasteiger partial charge is 0.344 e. The van der Waals surface area contributed by atoms with Crippen LogP contribution in [0.2, 0.25) is 0 Å². The summed E-state index contributed by atoms with van der Waals surface area (Å²) in [6.07, 6.45) is 1.02. The van der Waals surface area contributed by atoms with Gasteiger partial charge in [-0.25, -0.2) is 4.79 Å². The van der Waals surface area contributed by atoms with Crippen molar-refractivity contribution in [2.75, 3.05) is 21.3 Å². The minimum absolute atomic E-state index is 0.0276. The number of benzene rings is 1. The molecule has 160 valence electrons. The van der Waals surface area contributed by atoms with E-state index in [0.717, 1.165) is 29.8 Å². The molecule has 0 aromatic heterocycles. The normalized spacial score (nSPS) is 18.1. The van der Waals surface area contributed by atoms with Crippen LogP contribution >= 0.6 is 11.8 Å². The van der Waals surface area contributed by atoms with Crippen LogP contribution in [0.15, 0.2) is 51.2 Å². The van der Waals surface area contributed by atoms with Crippen LogP contribution in [0.5, 0.6) is 11.5 Å². The van der Waals surface area contributed by atoms with Crippen molar-refractivity contribution in [1.29, 1.82) is 5.26 Å². The van der Waals surface area contributed by atoms with E-state index >= 15 is 0 Å². The number of nitrogens with zero attached hydrogens (tertiary/aromatic N) is 2. The summed E-state index contributed by atoms with van der Waals surface area (Å²) in [7, 11) is 4.06. The molecule has 4 N–H and O–H groups in total. The first-order chi connectivity index (χ1) is 14.8. The van der Waals surface area contributed by atoms with Crippen LogP contribution in [0.1, 0.15) is 11.5 Å². The maximum atomic E-state index is 12.7. The van der Waals surface area contributed by atoms with E-state index in [1.54, 1.807) is 18.2 Å². The number of nitriles is 1. The Labute approximate surface area is 181 Å². The van der Waals surface area contributed by atoms with Gasteiger partial charge in [-0.1, -0.05) is 17.8 Å². The van der Waals surface area contributed by atoms with Crippen molar-refractivity contribution in [3.8, 4) is 17.6 Å². The molecule has 31 heavy (non-hydrogen) atoms. The van der Waals surface area contributed by atoms with Crippen molar-refractivity contribution in [3.63, 3.8) is 0 Å². The van der Waals surface area contributed by atoms with Gasteiger partial charge in [-0.3, -0.25) is 14.5 Å². The number of methoxy groups -OCH3 is 3. The standard InChI is InChI=1S/C20H18N4O6S/c1-28-9-4-5-10(12(6-9)29-2)15-11(8-21)17(22)24-14(25)7-13(20(27)30-3)31-19(24)16(15)18(23)26/h4-7,15H,22H2,1-3H3,(H2,23,26)/t15-/m0/s1. The SMILES string of the molecule is COC(=O)C1=CC(=O)N2C(N)=C(C#N)[C@H](c3ccc(OC)cc3OC)C(C(N)=O)=C2S1. The van der Waals surface area contributed by atoms with Gasteiger partial charge in [0.05, 0.1) is 49.5 Å². The Bertz CT molecular complexity index is 1130. The van der Waals surface area contributed by atoms with Crippen LogP contribution < -0.4 is 20.9 Å². The van der Waals surface area contributed by atoms with Crippen molar-refractivity contribution in [1.82, 2.24) is 4.90 Å². The summed E-state index contributed by atoms with van der Waals surface area (Å²) < 4.78 is 15.3. The zero-order valence-electron chi connectivity index (χ0n) is 16.8. The van der Waals surface area contributed by atoms with Crippen molar-refractivity contribution in [2.45, 2.75) is 5.92 Å². The van der Waals surface area contributed by atoms with Crippen molar-refractivity contribution in [3.05, 3.63) is 56.7 Å². The van der Waals surface area contributed by atoms with Crippen LogP contribution in [-0.4, -0.2) is 44.0 Å². The summed E-state index contributed by atoms with van der Waals surface area (Å²) in [6.45, 7) is 0. The third-order valence-corrected chi connectivity index (χ3v) is 5.83. The van der Waals surface area contributed by atoms with Gasteiger partial charge in [0, 0.05) is 17.7 Å². The molecule has 0 spiro atoms. The fraction of sp³-hybridized carbons (Fsp3) is 0.200. The summed E-state index contributed by atoms with van der Waals surface area (Å²) in [5, 5.41) is 9.88. The van der Waals surface area contributed by atoms with Gasteiger partial charge in [0.25, 0.3) is 5.91 Å². The molecule has 10 nitrogen and oxygen atoms in total. The molecular formula is C20H18N4O6S. The lowest BCUT2D eigenvalue weighted by atomic mass is 9.82. The number of ether oxygens (including phenoxy) is 3. The van der Waals surface area contributed by atoms with E-state index in [9.17, 15) is 19.6 Å². The van der Waals surface area contributed by atoms with Crippen LogP contribution in [0, 0.1) is 11.3 Å². The fourth-order valence-corrected chi connectivity index (χ4v) is 4.48. The monoisotopic (exact) mass is 442 g/mol. The molecule has 0 saturated heterocycles. The molecular weight excluding hydrogens is 424 g/mol. The summed E-state index contributed by atoms with van der Waals surface area (Å²) >= 11 is 0.805. The van der Waals surface area contributed by atoms with Crippen LogP contribution in [0.3, 0.4) is 0 Å². The molecule has 0 unspecified atom stereocenters. The highest BCUT2D eigenvalue weighted by Crippen LogP contribution is 2.49. The molecule has 0 fully saturated rings. The lowest BCUT2D eigenvalue weighted by Crippen LogP contribution is -2.42. The van der Waals surface area contributed by atoms with Gasteiger partial charge in [0.1, 0.15) is 22.2 Å². The number of amides is 2. The van der Waals surface area contributed by atoms with Gasteiger partial charge < -0.3 is 25.7 Å². The number of hydrogen-bond acceptors (Lipinski definition) is 9. The number of carbonyl (C=O) groups excluding carboxylic acids is 3. The number of thioether (sulfide) groups is 1. The predicted molar refractivity (Wildman–Crippen MR) is 110 cm³/mol. The number of esters is 1. The molecule has 2 aliphatic heterocycles. The summed E-state index contributed by atoms with van der Waals surface area (Å²) in [4.78, 5) is 38.3. The van der Waals surface area contributed by atoms with Crippen LogP contribution in [-0.2, 0) is 19.1 Å².